The minimum atomic E-state index is -3.69. The highest BCUT2D eigenvalue weighted by Gasteiger charge is 2.31. The molecule has 8 nitrogen and oxygen atoms in total. The minimum absolute atomic E-state index is 0.0331. The molecule has 1 atom stereocenters. The summed E-state index contributed by atoms with van der Waals surface area (Å²) in [5, 5.41) is 16.3. The molecule has 0 fully saturated rings. The third-order valence-corrected chi connectivity index (χ3v) is 8.84. The van der Waals surface area contributed by atoms with E-state index in [0.29, 0.717) is 28.5 Å². The van der Waals surface area contributed by atoms with Crippen molar-refractivity contribution in [2.45, 2.75) is 32.8 Å². The van der Waals surface area contributed by atoms with Gasteiger partial charge >= 0.3 is 7.37 Å². The van der Waals surface area contributed by atoms with Crippen LogP contribution in [0.3, 0.4) is 0 Å². The van der Waals surface area contributed by atoms with Crippen molar-refractivity contribution in [2.24, 2.45) is 0 Å². The van der Waals surface area contributed by atoms with E-state index >= 15 is 0 Å². The predicted octanol–water partition coefficient (Wildman–Crippen LogP) is 5.60. The van der Waals surface area contributed by atoms with Crippen molar-refractivity contribution in [3.8, 4) is 11.5 Å². The highest BCUT2D eigenvalue weighted by molar-refractivity contribution is 7.74. The Hall–Kier alpha value is -4.39. The molecular weight excluding hydrogens is 551 g/mol. The largest absolute Gasteiger partial charge is 0.493 e. The van der Waals surface area contributed by atoms with Crippen LogP contribution in [0.2, 0.25) is 0 Å². The topological polar surface area (TPSA) is 114 Å². The molecule has 2 amide bonds. The van der Waals surface area contributed by atoms with E-state index in [1.54, 1.807) is 91.9 Å². The zero-order valence-electron chi connectivity index (χ0n) is 23.7. The standard InChI is InChI=1S/C33H35N2O6P/c1-3-21-34-33(38)26-16-19-30(35-32(37)20-22-40-27-17-14-25(15-18-27)24(2)36)31(23-26)41-42(39,28-10-6-4-7-11-28)29-12-8-5-9-13-29/h4-19,23-24,36H,3,20-22H2,1-2H3,(H,34,38)(H,35,37). The monoisotopic (exact) mass is 586 g/mol. The number of hydrogen-bond acceptors (Lipinski definition) is 6. The third-order valence-electron chi connectivity index (χ3n) is 6.43. The number of aliphatic hydroxyl groups is 1. The second-order valence-electron chi connectivity index (χ2n) is 9.67. The number of hydrogen-bond donors (Lipinski definition) is 3. The number of amides is 2. The van der Waals surface area contributed by atoms with Gasteiger partial charge in [0.05, 0.1) is 35.4 Å². The molecular formula is C33H35N2O6P. The van der Waals surface area contributed by atoms with Crippen LogP contribution in [0.1, 0.15) is 48.7 Å². The molecule has 0 radical (unpaired) electrons. The molecule has 0 aliphatic rings. The van der Waals surface area contributed by atoms with Gasteiger partial charge in [-0.25, -0.2) is 0 Å². The van der Waals surface area contributed by atoms with Gasteiger partial charge in [0.15, 0.2) is 5.75 Å². The maximum absolute atomic E-state index is 14.6. The Labute approximate surface area is 246 Å². The van der Waals surface area contributed by atoms with Crippen molar-refractivity contribution in [3.05, 3.63) is 114 Å². The molecule has 0 aromatic heterocycles. The molecule has 42 heavy (non-hydrogen) atoms. The Balaban J connectivity index is 1.58. The first kappa shape index (κ1) is 30.6. The summed E-state index contributed by atoms with van der Waals surface area (Å²) < 4.78 is 26.6. The van der Waals surface area contributed by atoms with E-state index < -0.39 is 13.5 Å². The molecule has 0 saturated heterocycles. The normalized spacial score (nSPS) is 11.8. The zero-order chi connectivity index (χ0) is 30.0. The van der Waals surface area contributed by atoms with Crippen LogP contribution in [0.5, 0.6) is 11.5 Å². The Morgan fingerprint density at radius 2 is 1.50 bits per heavy atom. The minimum Gasteiger partial charge on any atom is -0.493 e. The van der Waals surface area contributed by atoms with Crippen molar-refractivity contribution >= 4 is 35.5 Å². The Bertz CT molecular complexity index is 1480. The van der Waals surface area contributed by atoms with Crippen molar-refractivity contribution in [3.63, 3.8) is 0 Å². The molecule has 3 N–H and O–H groups in total. The summed E-state index contributed by atoms with van der Waals surface area (Å²) in [7, 11) is -3.69. The lowest BCUT2D eigenvalue weighted by Crippen LogP contribution is -2.24. The summed E-state index contributed by atoms with van der Waals surface area (Å²) in [5.74, 6) is 0.0326. The predicted molar refractivity (Wildman–Crippen MR) is 165 cm³/mol. The van der Waals surface area contributed by atoms with Crippen molar-refractivity contribution < 1.29 is 28.5 Å². The molecule has 0 aliphatic carbocycles. The van der Waals surface area contributed by atoms with Crippen LogP contribution in [0, 0.1) is 0 Å². The number of ether oxygens (including phenoxy) is 1. The van der Waals surface area contributed by atoms with Crippen molar-refractivity contribution in [2.75, 3.05) is 18.5 Å². The molecule has 4 aromatic carbocycles. The average Bonchev–Trinajstić information content (AvgIpc) is 3.01. The van der Waals surface area contributed by atoms with E-state index in [4.69, 9.17) is 9.26 Å². The van der Waals surface area contributed by atoms with Crippen LogP contribution in [0.4, 0.5) is 5.69 Å². The zero-order valence-corrected chi connectivity index (χ0v) is 24.6. The van der Waals surface area contributed by atoms with Crippen LogP contribution < -0.4 is 30.5 Å². The molecule has 218 valence electrons. The van der Waals surface area contributed by atoms with Crippen molar-refractivity contribution in [1.82, 2.24) is 5.32 Å². The number of anilines is 1. The van der Waals surface area contributed by atoms with Gasteiger partial charge < -0.3 is 25.0 Å². The number of rotatable bonds is 13. The lowest BCUT2D eigenvalue weighted by molar-refractivity contribution is -0.116. The summed E-state index contributed by atoms with van der Waals surface area (Å²) >= 11 is 0. The average molecular weight is 587 g/mol. The summed E-state index contributed by atoms with van der Waals surface area (Å²) in [5.41, 5.74) is 1.36. The quantitative estimate of drug-likeness (QED) is 0.176. The van der Waals surface area contributed by atoms with Gasteiger partial charge in [0.2, 0.25) is 5.91 Å². The molecule has 9 heteroatoms. The Morgan fingerprint density at radius 1 is 0.881 bits per heavy atom. The van der Waals surface area contributed by atoms with Gasteiger partial charge in [-0.2, -0.15) is 0 Å². The van der Waals surface area contributed by atoms with Gasteiger partial charge in [-0.1, -0.05) is 55.5 Å². The first-order chi connectivity index (χ1) is 20.3. The molecule has 0 saturated carbocycles. The van der Waals surface area contributed by atoms with Crippen LogP contribution in [0.15, 0.2) is 103 Å². The first-order valence-corrected chi connectivity index (χ1v) is 15.5. The van der Waals surface area contributed by atoms with Crippen LogP contribution in [-0.4, -0.2) is 30.1 Å². The molecule has 0 heterocycles. The fourth-order valence-corrected chi connectivity index (χ4v) is 6.21. The first-order valence-electron chi connectivity index (χ1n) is 13.8. The second kappa shape index (κ2) is 14.5. The van der Waals surface area contributed by atoms with Crippen LogP contribution >= 0.6 is 7.37 Å². The number of carbonyl (C=O) groups is 2. The molecule has 0 spiro atoms. The SMILES string of the molecule is CCCNC(=O)c1ccc(NC(=O)CCOc2ccc(C(C)O)cc2)c(OP(=O)(c2ccccc2)c2ccccc2)c1. The molecule has 4 rings (SSSR count). The summed E-state index contributed by atoms with van der Waals surface area (Å²) in [4.78, 5) is 25.7. The number of benzene rings is 4. The van der Waals surface area contributed by atoms with Crippen LogP contribution in [0.25, 0.3) is 0 Å². The van der Waals surface area contributed by atoms with Gasteiger partial charge in [-0.15, -0.1) is 0 Å². The number of nitrogens with one attached hydrogen (secondary N) is 2. The van der Waals surface area contributed by atoms with E-state index in [0.717, 1.165) is 12.0 Å². The lowest BCUT2D eigenvalue weighted by atomic mass is 10.1. The number of aliphatic hydroxyl groups excluding tert-OH is 1. The fourth-order valence-electron chi connectivity index (χ4n) is 4.14. The summed E-state index contributed by atoms with van der Waals surface area (Å²) in [6.45, 7) is 4.25. The van der Waals surface area contributed by atoms with Gasteiger partial charge in [-0.05, 0) is 73.5 Å². The maximum atomic E-state index is 14.6. The summed E-state index contributed by atoms with van der Waals surface area (Å²) in [6.07, 6.45) is 0.225. The highest BCUT2D eigenvalue weighted by atomic mass is 31.2. The van der Waals surface area contributed by atoms with E-state index in [9.17, 15) is 19.3 Å². The Kier molecular flexibility index (Phi) is 10.5. The van der Waals surface area contributed by atoms with Gasteiger partial charge in [0.25, 0.3) is 5.91 Å². The smallest absolute Gasteiger partial charge is 0.306 e. The highest BCUT2D eigenvalue weighted by Crippen LogP contribution is 2.47. The molecule has 4 aromatic rings. The lowest BCUT2D eigenvalue weighted by Gasteiger charge is -2.23. The van der Waals surface area contributed by atoms with Gasteiger partial charge in [-0.3, -0.25) is 14.2 Å². The van der Waals surface area contributed by atoms with E-state index in [1.807, 2.05) is 19.1 Å². The van der Waals surface area contributed by atoms with Gasteiger partial charge in [0.1, 0.15) is 5.75 Å². The van der Waals surface area contributed by atoms with Gasteiger partial charge in [0, 0.05) is 12.1 Å². The number of carbonyl (C=O) groups excluding carboxylic acids is 2. The fraction of sp³-hybridized carbons (Fsp3) is 0.212. The molecule has 0 aliphatic heterocycles. The van der Waals surface area contributed by atoms with E-state index in [-0.39, 0.29) is 36.3 Å². The second-order valence-corrected chi connectivity index (χ2v) is 12.0. The molecule has 1 unspecified atom stereocenters. The van der Waals surface area contributed by atoms with E-state index in [2.05, 4.69) is 10.6 Å². The maximum Gasteiger partial charge on any atom is 0.306 e. The summed E-state index contributed by atoms with van der Waals surface area (Å²) in [6, 6.07) is 29.4. The Morgan fingerprint density at radius 3 is 2.07 bits per heavy atom. The third kappa shape index (κ3) is 7.87. The molecule has 0 bridgehead atoms. The van der Waals surface area contributed by atoms with Crippen LogP contribution in [-0.2, 0) is 9.36 Å². The van der Waals surface area contributed by atoms with Crippen molar-refractivity contribution in [1.29, 1.82) is 0 Å². The van der Waals surface area contributed by atoms with E-state index in [1.165, 1.54) is 6.07 Å².